The Morgan fingerprint density at radius 1 is 0.967 bits per heavy atom. The summed E-state index contributed by atoms with van der Waals surface area (Å²) in [6.45, 7) is 3.74. The number of hydrogen-bond donors (Lipinski definition) is 1. The van der Waals surface area contributed by atoms with E-state index < -0.39 is 4.70 Å². The predicted molar refractivity (Wildman–Crippen MR) is 115 cm³/mol. The Bertz CT molecular complexity index is 1110. The van der Waals surface area contributed by atoms with Crippen LogP contribution in [0.2, 0.25) is 0 Å². The van der Waals surface area contributed by atoms with Gasteiger partial charge in [-0.15, -0.1) is 0 Å². The highest BCUT2D eigenvalue weighted by Gasteiger charge is 2.33. The van der Waals surface area contributed by atoms with Crippen molar-refractivity contribution in [1.29, 1.82) is 10.5 Å². The smallest absolute Gasteiger partial charge is 0.298 e. The molecule has 3 rings (SSSR count). The molecule has 150 valence electrons. The minimum absolute atomic E-state index is 0.389. The number of nitrogens with one attached hydrogen (secondary N) is 1. The lowest BCUT2D eigenvalue weighted by Gasteiger charge is -2.28. The van der Waals surface area contributed by atoms with E-state index in [1.165, 1.54) is 7.11 Å². The lowest BCUT2D eigenvalue weighted by molar-refractivity contribution is -0.0863. The third-order valence-electron chi connectivity index (χ3n) is 4.35. The first-order valence-electron chi connectivity index (χ1n) is 8.92. The molecular formula is C22H18BrN5O2. The van der Waals surface area contributed by atoms with Crippen molar-refractivity contribution in [2.45, 2.75) is 18.5 Å². The van der Waals surface area contributed by atoms with Gasteiger partial charge in [0.05, 0.1) is 28.8 Å². The van der Waals surface area contributed by atoms with Crippen LogP contribution in [0.15, 0.2) is 48.8 Å². The summed E-state index contributed by atoms with van der Waals surface area (Å²) in [5.74, 6) is 0.993. The Morgan fingerprint density at radius 2 is 1.53 bits per heavy atom. The van der Waals surface area contributed by atoms with Gasteiger partial charge in [0.25, 0.3) is 4.70 Å². The Hall–Kier alpha value is -3.46. The lowest BCUT2D eigenvalue weighted by Crippen LogP contribution is -2.29. The third kappa shape index (κ3) is 4.57. The van der Waals surface area contributed by atoms with Crippen LogP contribution in [0.5, 0.6) is 5.75 Å². The van der Waals surface area contributed by atoms with Crippen molar-refractivity contribution in [3.63, 3.8) is 0 Å². The minimum atomic E-state index is -1.30. The van der Waals surface area contributed by atoms with Gasteiger partial charge in [-0.25, -0.2) is 9.97 Å². The fraction of sp³-hybridized carbons (Fsp3) is 0.182. The standard InChI is InChI=1S/C22H18BrN5O2/c1-14-8-17(11-25)9-15(2)20(14)30-22(23,29-3)18-12-26-21(27-13-18)28-19-6-4-16(10-24)5-7-19/h4-9,12-13H,1-3H3,(H,26,27,28). The van der Waals surface area contributed by atoms with E-state index in [1.54, 1.807) is 48.8 Å². The van der Waals surface area contributed by atoms with E-state index in [9.17, 15) is 0 Å². The fourth-order valence-electron chi connectivity index (χ4n) is 2.83. The van der Waals surface area contributed by atoms with Gasteiger partial charge in [0.2, 0.25) is 5.95 Å². The summed E-state index contributed by atoms with van der Waals surface area (Å²) in [4.78, 5) is 8.65. The van der Waals surface area contributed by atoms with Gasteiger partial charge in [-0.1, -0.05) is 0 Å². The maximum atomic E-state index is 9.13. The maximum Gasteiger partial charge on any atom is 0.298 e. The second-order valence-corrected chi connectivity index (χ2v) is 7.55. The Kier molecular flexibility index (Phi) is 6.31. The normalized spacial score (nSPS) is 12.3. The van der Waals surface area contributed by atoms with Crippen LogP contribution in [0.4, 0.5) is 11.6 Å². The molecule has 30 heavy (non-hydrogen) atoms. The number of halogens is 1. The van der Waals surface area contributed by atoms with Crippen LogP contribution in [0.3, 0.4) is 0 Å². The minimum Gasteiger partial charge on any atom is -0.448 e. The summed E-state index contributed by atoms with van der Waals surface area (Å²) in [7, 11) is 1.51. The van der Waals surface area contributed by atoms with Crippen LogP contribution in [0, 0.1) is 36.5 Å². The number of anilines is 2. The number of methoxy groups -OCH3 is 1. The molecule has 0 saturated heterocycles. The van der Waals surface area contributed by atoms with Crippen LogP contribution in [0.1, 0.15) is 27.8 Å². The van der Waals surface area contributed by atoms with Gasteiger partial charge in [-0.05, 0) is 61.4 Å². The zero-order valence-electron chi connectivity index (χ0n) is 16.6. The number of hydrogen-bond acceptors (Lipinski definition) is 7. The Balaban J connectivity index is 1.82. The molecule has 2 aromatic carbocycles. The summed E-state index contributed by atoms with van der Waals surface area (Å²) in [6.07, 6.45) is 3.18. The van der Waals surface area contributed by atoms with Gasteiger partial charge in [0.15, 0.2) is 0 Å². The molecule has 7 nitrogen and oxygen atoms in total. The summed E-state index contributed by atoms with van der Waals surface area (Å²) in [6, 6.07) is 14.7. The molecule has 8 heteroatoms. The first-order chi connectivity index (χ1) is 14.4. The molecule has 3 aromatic rings. The number of alkyl halides is 1. The lowest BCUT2D eigenvalue weighted by atomic mass is 10.1. The van der Waals surface area contributed by atoms with Gasteiger partial charge >= 0.3 is 0 Å². The molecular weight excluding hydrogens is 446 g/mol. The van der Waals surface area contributed by atoms with E-state index in [0.29, 0.717) is 28.4 Å². The number of aryl methyl sites for hydroxylation is 2. The van der Waals surface area contributed by atoms with Gasteiger partial charge in [0.1, 0.15) is 5.75 Å². The zero-order valence-corrected chi connectivity index (χ0v) is 18.2. The first kappa shape index (κ1) is 21.3. The van der Waals surface area contributed by atoms with E-state index in [-0.39, 0.29) is 0 Å². The van der Waals surface area contributed by atoms with Crippen molar-refractivity contribution in [2.75, 3.05) is 12.4 Å². The SMILES string of the molecule is COC(Br)(Oc1c(C)cc(C#N)cc1C)c1cnc(Nc2ccc(C#N)cc2)nc1. The van der Waals surface area contributed by atoms with Gasteiger partial charge < -0.3 is 14.8 Å². The molecule has 0 fully saturated rings. The van der Waals surface area contributed by atoms with Crippen LogP contribution < -0.4 is 10.1 Å². The van der Waals surface area contributed by atoms with Crippen LogP contribution in [0.25, 0.3) is 0 Å². The number of benzene rings is 2. The molecule has 0 radical (unpaired) electrons. The average molecular weight is 464 g/mol. The van der Waals surface area contributed by atoms with E-state index in [2.05, 4.69) is 43.4 Å². The number of aromatic nitrogens is 2. The van der Waals surface area contributed by atoms with Crippen molar-refractivity contribution >= 4 is 27.6 Å². The van der Waals surface area contributed by atoms with Gasteiger partial charge in [-0.2, -0.15) is 10.5 Å². The zero-order chi connectivity index (χ0) is 21.7. The molecule has 0 aliphatic heterocycles. The topological polar surface area (TPSA) is 104 Å². The maximum absolute atomic E-state index is 9.13. The second-order valence-electron chi connectivity index (χ2n) is 6.50. The van der Waals surface area contributed by atoms with Gasteiger partial charge in [0, 0.05) is 41.1 Å². The van der Waals surface area contributed by atoms with Crippen LogP contribution in [-0.2, 0) is 9.43 Å². The van der Waals surface area contributed by atoms with Crippen molar-refractivity contribution in [3.05, 3.63) is 76.6 Å². The summed E-state index contributed by atoms with van der Waals surface area (Å²) in [5, 5.41) is 21.1. The van der Waals surface area contributed by atoms with Crippen molar-refractivity contribution in [3.8, 4) is 17.9 Å². The van der Waals surface area contributed by atoms with Crippen molar-refractivity contribution in [2.24, 2.45) is 0 Å². The number of rotatable bonds is 6. The van der Waals surface area contributed by atoms with Crippen molar-refractivity contribution in [1.82, 2.24) is 9.97 Å². The molecule has 1 heterocycles. The molecule has 0 spiro atoms. The number of ether oxygens (including phenoxy) is 2. The average Bonchev–Trinajstić information content (AvgIpc) is 2.77. The molecule has 0 aliphatic rings. The number of nitriles is 2. The molecule has 0 amide bonds. The Labute approximate surface area is 183 Å². The molecule has 1 unspecified atom stereocenters. The number of nitrogens with zero attached hydrogens (tertiary/aromatic N) is 4. The van der Waals surface area contributed by atoms with Crippen LogP contribution in [-0.4, -0.2) is 17.1 Å². The quantitative estimate of drug-likeness (QED) is 0.412. The monoisotopic (exact) mass is 463 g/mol. The summed E-state index contributed by atoms with van der Waals surface area (Å²) < 4.78 is 10.4. The molecule has 1 aromatic heterocycles. The molecule has 1 atom stereocenters. The Morgan fingerprint density at radius 3 is 2.03 bits per heavy atom. The molecule has 0 saturated carbocycles. The highest BCUT2D eigenvalue weighted by Crippen LogP contribution is 2.38. The predicted octanol–water partition coefficient (Wildman–Crippen LogP) is 4.81. The highest BCUT2D eigenvalue weighted by molar-refractivity contribution is 9.09. The van der Waals surface area contributed by atoms with Crippen LogP contribution >= 0.6 is 15.9 Å². The largest absolute Gasteiger partial charge is 0.448 e. The van der Waals surface area contributed by atoms with E-state index >= 15 is 0 Å². The van der Waals surface area contributed by atoms with E-state index in [1.807, 2.05) is 13.8 Å². The second kappa shape index (κ2) is 8.91. The van der Waals surface area contributed by atoms with E-state index in [4.69, 9.17) is 20.0 Å². The summed E-state index contributed by atoms with van der Waals surface area (Å²) >= 11 is 3.50. The fourth-order valence-corrected chi connectivity index (χ4v) is 3.20. The first-order valence-corrected chi connectivity index (χ1v) is 9.72. The molecule has 1 N–H and O–H groups in total. The van der Waals surface area contributed by atoms with E-state index in [0.717, 1.165) is 16.8 Å². The van der Waals surface area contributed by atoms with Crippen molar-refractivity contribution < 1.29 is 9.47 Å². The molecule has 0 aliphatic carbocycles. The van der Waals surface area contributed by atoms with Gasteiger partial charge in [-0.3, -0.25) is 0 Å². The third-order valence-corrected chi connectivity index (χ3v) is 5.30. The summed E-state index contributed by atoms with van der Waals surface area (Å²) in [5.41, 5.74) is 4.08. The molecule has 0 bridgehead atoms. The highest BCUT2D eigenvalue weighted by atomic mass is 79.9.